The summed E-state index contributed by atoms with van der Waals surface area (Å²) in [6, 6.07) is 7.21. The number of nitrogens with one attached hydrogen (secondary N) is 1. The smallest absolute Gasteiger partial charge is 0.326 e. The van der Waals surface area contributed by atoms with Crippen LogP contribution in [-0.4, -0.2) is 51.4 Å². The van der Waals surface area contributed by atoms with Gasteiger partial charge < -0.3 is 10.1 Å². The number of halogens is 2. The summed E-state index contributed by atoms with van der Waals surface area (Å²) in [6.07, 6.45) is 1.07. The summed E-state index contributed by atoms with van der Waals surface area (Å²) >= 11 is 7.03. The number of nitrogens with zero attached hydrogens (tertiary/aromatic N) is 1. The van der Waals surface area contributed by atoms with E-state index < -0.39 is 36.9 Å². The van der Waals surface area contributed by atoms with E-state index in [-0.39, 0.29) is 21.5 Å². The topological polar surface area (TPSA) is 92.8 Å². The van der Waals surface area contributed by atoms with Gasteiger partial charge >= 0.3 is 5.97 Å². The number of hydrogen-bond donors (Lipinski definition) is 1. The van der Waals surface area contributed by atoms with Crippen LogP contribution in [0.5, 0.6) is 0 Å². The maximum Gasteiger partial charge on any atom is 0.326 e. The molecule has 1 aromatic rings. The van der Waals surface area contributed by atoms with Crippen LogP contribution < -0.4 is 5.32 Å². The molecule has 9 heteroatoms. The number of anilines is 1. The molecule has 2 aliphatic rings. The quantitative estimate of drug-likeness (QED) is 0.369. The van der Waals surface area contributed by atoms with Crippen LogP contribution in [-0.2, 0) is 23.9 Å². The van der Waals surface area contributed by atoms with Crippen molar-refractivity contribution in [3.8, 4) is 0 Å². The first-order valence-electron chi connectivity index (χ1n) is 8.91. The van der Waals surface area contributed by atoms with E-state index in [0.29, 0.717) is 18.5 Å². The third-order valence-corrected chi connectivity index (χ3v) is 7.69. The van der Waals surface area contributed by atoms with Crippen LogP contribution in [0.15, 0.2) is 24.3 Å². The highest BCUT2D eigenvalue weighted by molar-refractivity contribution is 9.12. The average molecular weight is 516 g/mol. The maximum absolute atomic E-state index is 12.5. The number of rotatable bonds is 5. The van der Waals surface area contributed by atoms with Crippen molar-refractivity contribution in [2.45, 2.75) is 29.4 Å². The van der Waals surface area contributed by atoms with Crippen LogP contribution in [0, 0.1) is 18.8 Å². The number of imide groups is 1. The summed E-state index contributed by atoms with van der Waals surface area (Å²) in [7, 11) is 0. The van der Waals surface area contributed by atoms with Crippen molar-refractivity contribution >= 4 is 61.2 Å². The molecular weight excluding hydrogens is 496 g/mol. The fourth-order valence-corrected chi connectivity index (χ4v) is 4.80. The number of amides is 3. The monoisotopic (exact) mass is 514 g/mol. The second-order valence-electron chi connectivity index (χ2n) is 7.06. The van der Waals surface area contributed by atoms with Crippen LogP contribution in [0.2, 0.25) is 0 Å². The van der Waals surface area contributed by atoms with E-state index in [9.17, 15) is 19.2 Å². The van der Waals surface area contributed by atoms with Crippen LogP contribution in [0.3, 0.4) is 0 Å². The largest absolute Gasteiger partial charge is 0.454 e. The highest BCUT2D eigenvalue weighted by Crippen LogP contribution is 2.43. The Bertz CT molecular complexity index is 787. The van der Waals surface area contributed by atoms with E-state index in [1.54, 1.807) is 18.2 Å². The first kappa shape index (κ1) is 21.0. The molecule has 0 spiro atoms. The van der Waals surface area contributed by atoms with E-state index >= 15 is 0 Å². The zero-order valence-corrected chi connectivity index (χ0v) is 18.4. The Morgan fingerprint density at radius 2 is 1.75 bits per heavy atom. The standard InChI is InChI=1S/C19H20Br2N2O5/c1-10-3-2-4-11(5-10)22-16(24)9-28-17(25)8-23-18(26)12-6-14(20)15(21)7-13(12)19(23)27/h2-5,12-15H,6-9H2,1H3,(H,22,24)/t12-,13-,14-,15+/m1/s1. The minimum atomic E-state index is -0.787. The average Bonchev–Trinajstić information content (AvgIpc) is 2.85. The van der Waals surface area contributed by atoms with Gasteiger partial charge in [-0.05, 0) is 37.5 Å². The SMILES string of the molecule is Cc1cccc(NC(=O)COC(=O)CN2C(=O)[C@@H]3C[C@@H](Br)[C@@H](Br)C[C@H]3C2=O)c1. The van der Waals surface area contributed by atoms with E-state index in [1.165, 1.54) is 0 Å². The lowest BCUT2D eigenvalue weighted by atomic mass is 9.81. The molecule has 1 aliphatic carbocycles. The first-order valence-corrected chi connectivity index (χ1v) is 10.7. The van der Waals surface area contributed by atoms with Gasteiger partial charge in [0.25, 0.3) is 5.91 Å². The Labute approximate surface area is 179 Å². The van der Waals surface area contributed by atoms with E-state index in [0.717, 1.165) is 10.5 Å². The lowest BCUT2D eigenvalue weighted by Gasteiger charge is -2.29. The molecule has 1 aliphatic heterocycles. The van der Waals surface area contributed by atoms with Crippen LogP contribution in [0.4, 0.5) is 5.69 Å². The molecule has 150 valence electrons. The molecular formula is C19H20Br2N2O5. The Kier molecular flexibility index (Phi) is 6.54. The summed E-state index contributed by atoms with van der Waals surface area (Å²) in [5.74, 6) is -2.80. The summed E-state index contributed by atoms with van der Waals surface area (Å²) in [6.45, 7) is 0.943. The van der Waals surface area contributed by atoms with Crippen LogP contribution in [0.25, 0.3) is 0 Å². The number of ether oxygens (including phenoxy) is 1. The third-order valence-electron chi connectivity index (χ3n) is 4.96. The zero-order chi connectivity index (χ0) is 20.4. The first-order chi connectivity index (χ1) is 13.3. The van der Waals surface area contributed by atoms with Crippen molar-refractivity contribution in [1.29, 1.82) is 0 Å². The predicted octanol–water partition coefficient (Wildman–Crippen LogP) is 2.40. The summed E-state index contributed by atoms with van der Waals surface area (Å²) in [5.41, 5.74) is 1.59. The molecule has 3 rings (SSSR count). The van der Waals surface area contributed by atoms with Gasteiger partial charge in [-0.3, -0.25) is 24.1 Å². The van der Waals surface area contributed by atoms with Gasteiger partial charge in [-0.2, -0.15) is 0 Å². The van der Waals surface area contributed by atoms with Gasteiger partial charge in [-0.1, -0.05) is 44.0 Å². The van der Waals surface area contributed by atoms with E-state index in [1.807, 2.05) is 13.0 Å². The molecule has 2 fully saturated rings. The number of carbonyl (C=O) groups excluding carboxylic acids is 4. The second kappa shape index (κ2) is 8.73. The lowest BCUT2D eigenvalue weighted by Crippen LogP contribution is -2.37. The van der Waals surface area contributed by atoms with Gasteiger partial charge in [0.2, 0.25) is 11.8 Å². The van der Waals surface area contributed by atoms with Crippen molar-refractivity contribution in [2.75, 3.05) is 18.5 Å². The van der Waals surface area contributed by atoms with Crippen LogP contribution in [0.1, 0.15) is 18.4 Å². The molecule has 1 aromatic carbocycles. The minimum Gasteiger partial charge on any atom is -0.454 e. The molecule has 0 bridgehead atoms. The Balaban J connectivity index is 1.51. The number of likely N-dealkylation sites (tertiary alicyclic amines) is 1. The highest BCUT2D eigenvalue weighted by Gasteiger charge is 2.52. The molecule has 1 saturated carbocycles. The fraction of sp³-hybridized carbons (Fsp3) is 0.474. The van der Waals surface area contributed by atoms with Crippen molar-refractivity contribution in [3.05, 3.63) is 29.8 Å². The van der Waals surface area contributed by atoms with Gasteiger partial charge in [-0.25, -0.2) is 0 Å². The maximum atomic E-state index is 12.5. The number of alkyl halides is 2. The molecule has 0 unspecified atom stereocenters. The summed E-state index contributed by atoms with van der Waals surface area (Å²) in [4.78, 5) is 50.2. The molecule has 7 nitrogen and oxygen atoms in total. The van der Waals surface area contributed by atoms with Gasteiger partial charge in [0.1, 0.15) is 6.54 Å². The molecule has 1 saturated heterocycles. The highest BCUT2D eigenvalue weighted by atomic mass is 79.9. The third kappa shape index (κ3) is 4.63. The predicted molar refractivity (Wildman–Crippen MR) is 109 cm³/mol. The van der Waals surface area contributed by atoms with E-state index in [2.05, 4.69) is 37.2 Å². The molecule has 0 aromatic heterocycles. The molecule has 4 atom stereocenters. The molecule has 1 N–H and O–H groups in total. The van der Waals surface area contributed by atoms with Crippen molar-refractivity contribution in [2.24, 2.45) is 11.8 Å². The Morgan fingerprint density at radius 3 is 2.32 bits per heavy atom. The minimum absolute atomic E-state index is 0.0997. The zero-order valence-electron chi connectivity index (χ0n) is 15.2. The fourth-order valence-electron chi connectivity index (χ4n) is 3.56. The molecule has 1 heterocycles. The normalized spacial score (nSPS) is 26.8. The molecule has 3 amide bonds. The van der Waals surface area contributed by atoms with Crippen LogP contribution >= 0.6 is 31.9 Å². The van der Waals surface area contributed by atoms with Gasteiger partial charge in [0.15, 0.2) is 6.61 Å². The van der Waals surface area contributed by atoms with Crippen molar-refractivity contribution in [3.63, 3.8) is 0 Å². The van der Waals surface area contributed by atoms with Gasteiger partial charge in [-0.15, -0.1) is 0 Å². The number of fused-ring (bicyclic) bond motifs is 1. The number of hydrogen-bond acceptors (Lipinski definition) is 5. The van der Waals surface area contributed by atoms with Gasteiger partial charge in [0.05, 0.1) is 11.8 Å². The molecule has 28 heavy (non-hydrogen) atoms. The second-order valence-corrected chi connectivity index (χ2v) is 9.41. The Morgan fingerprint density at radius 1 is 1.14 bits per heavy atom. The molecule has 0 radical (unpaired) electrons. The lowest BCUT2D eigenvalue weighted by molar-refractivity contribution is -0.154. The summed E-state index contributed by atoms with van der Waals surface area (Å²) in [5, 5.41) is 2.63. The number of esters is 1. The van der Waals surface area contributed by atoms with Crippen molar-refractivity contribution < 1.29 is 23.9 Å². The van der Waals surface area contributed by atoms with Crippen molar-refractivity contribution in [1.82, 2.24) is 4.90 Å². The number of carbonyl (C=O) groups is 4. The Hall–Kier alpha value is -1.74. The summed E-state index contributed by atoms with van der Waals surface area (Å²) < 4.78 is 4.94. The number of benzene rings is 1. The van der Waals surface area contributed by atoms with Gasteiger partial charge in [0, 0.05) is 15.3 Å². The number of aryl methyl sites for hydroxylation is 1. The van der Waals surface area contributed by atoms with E-state index in [4.69, 9.17) is 4.74 Å².